The average molecular weight is 259 g/mol. The van der Waals surface area contributed by atoms with Crippen molar-refractivity contribution < 1.29 is 22.4 Å². The van der Waals surface area contributed by atoms with E-state index >= 15 is 0 Å². The Hall–Kier alpha value is -1.17. The van der Waals surface area contributed by atoms with Gasteiger partial charge in [-0.15, -0.1) is 0 Å². The van der Waals surface area contributed by atoms with Crippen LogP contribution in [-0.2, 0) is 4.74 Å². The van der Waals surface area contributed by atoms with Crippen LogP contribution in [0.1, 0.15) is 18.4 Å². The molecule has 1 heterocycles. The summed E-state index contributed by atoms with van der Waals surface area (Å²) in [6.45, 7) is -2.31. The molecule has 0 aromatic heterocycles. The maximum Gasteiger partial charge on any atom is 0.513 e. The van der Waals surface area contributed by atoms with E-state index in [1.165, 1.54) is 6.07 Å². The van der Waals surface area contributed by atoms with Crippen LogP contribution in [0.5, 0.6) is 5.75 Å². The summed E-state index contributed by atoms with van der Waals surface area (Å²) in [6.07, 6.45) is 1.09. The molecule has 6 heteroatoms. The lowest BCUT2D eigenvalue weighted by molar-refractivity contribution is 0.0259. The Bertz CT molecular complexity index is 414. The minimum atomic E-state index is -5.04. The standard InChI is InChI=1S/C12H15BF3O2/c1-9-2-3-12(11(8-9)13(14,15)16)18-10-4-6-17-7-5-10/h2-3,8,10H,4-7H2,1H3/q-1. The molecule has 1 aliphatic rings. The SMILES string of the molecule is Cc1ccc(OC2CCOCC2)c([B-](F)(F)F)c1. The summed E-state index contributed by atoms with van der Waals surface area (Å²) in [7, 11) is 0. The summed E-state index contributed by atoms with van der Waals surface area (Å²) in [5, 5.41) is 0. The van der Waals surface area contributed by atoms with E-state index in [1.807, 2.05) is 0 Å². The zero-order valence-electron chi connectivity index (χ0n) is 10.2. The second-order valence-electron chi connectivity index (χ2n) is 4.55. The molecule has 1 saturated heterocycles. The zero-order valence-corrected chi connectivity index (χ0v) is 10.2. The highest BCUT2D eigenvalue weighted by Gasteiger charge is 2.30. The fraction of sp³-hybridized carbons (Fsp3) is 0.500. The Morgan fingerprint density at radius 1 is 1.22 bits per heavy atom. The lowest BCUT2D eigenvalue weighted by atomic mass is 9.78. The molecule has 1 fully saturated rings. The molecule has 0 bridgehead atoms. The molecule has 0 saturated carbocycles. The second kappa shape index (κ2) is 5.22. The van der Waals surface area contributed by atoms with Crippen LogP contribution in [0.4, 0.5) is 12.9 Å². The summed E-state index contributed by atoms with van der Waals surface area (Å²) in [5.41, 5.74) is -0.0509. The van der Waals surface area contributed by atoms with Gasteiger partial charge in [-0.1, -0.05) is 23.2 Å². The van der Waals surface area contributed by atoms with E-state index < -0.39 is 12.4 Å². The highest BCUT2D eigenvalue weighted by atomic mass is 19.4. The molecule has 2 rings (SSSR count). The van der Waals surface area contributed by atoms with Crippen molar-refractivity contribution >= 4 is 12.4 Å². The molecule has 0 atom stereocenters. The number of rotatable bonds is 3. The van der Waals surface area contributed by atoms with Crippen LogP contribution < -0.4 is 10.2 Å². The maximum absolute atomic E-state index is 12.9. The third-order valence-corrected chi connectivity index (χ3v) is 2.98. The predicted octanol–water partition coefficient (Wildman–Crippen LogP) is 2.61. The van der Waals surface area contributed by atoms with Crippen LogP contribution in [0.2, 0.25) is 0 Å². The van der Waals surface area contributed by atoms with Gasteiger partial charge in [0.2, 0.25) is 0 Å². The van der Waals surface area contributed by atoms with Crippen LogP contribution in [-0.4, -0.2) is 26.3 Å². The van der Waals surface area contributed by atoms with E-state index in [2.05, 4.69) is 0 Å². The van der Waals surface area contributed by atoms with E-state index in [1.54, 1.807) is 13.0 Å². The number of halogens is 3. The number of ether oxygens (including phenoxy) is 2. The topological polar surface area (TPSA) is 18.5 Å². The number of aryl methyl sites for hydroxylation is 1. The van der Waals surface area contributed by atoms with E-state index in [9.17, 15) is 12.9 Å². The fourth-order valence-electron chi connectivity index (χ4n) is 2.00. The van der Waals surface area contributed by atoms with Crippen LogP contribution in [0, 0.1) is 6.92 Å². The Morgan fingerprint density at radius 3 is 2.50 bits per heavy atom. The molecule has 0 aliphatic carbocycles. The Labute approximate surface area is 104 Å². The van der Waals surface area contributed by atoms with Gasteiger partial charge in [0.05, 0.1) is 19.0 Å². The molecule has 1 aliphatic heterocycles. The highest BCUT2D eigenvalue weighted by Crippen LogP contribution is 2.22. The summed E-state index contributed by atoms with van der Waals surface area (Å²) < 4.78 is 49.5. The molecule has 18 heavy (non-hydrogen) atoms. The molecule has 0 amide bonds. The molecular formula is C12H15BF3O2-. The largest absolute Gasteiger partial charge is 0.513 e. The van der Waals surface area contributed by atoms with Crippen LogP contribution in [0.3, 0.4) is 0 Å². The normalized spacial score (nSPS) is 17.8. The summed E-state index contributed by atoms with van der Waals surface area (Å²) in [6, 6.07) is 4.20. The monoisotopic (exact) mass is 259 g/mol. The minimum absolute atomic E-state index is 0.0556. The highest BCUT2D eigenvalue weighted by molar-refractivity contribution is 6.74. The minimum Gasteiger partial charge on any atom is -0.493 e. The van der Waals surface area contributed by atoms with Gasteiger partial charge >= 0.3 is 6.98 Å². The van der Waals surface area contributed by atoms with Gasteiger partial charge in [0.25, 0.3) is 0 Å². The zero-order chi connectivity index (χ0) is 13.2. The molecule has 0 N–H and O–H groups in total. The molecule has 2 nitrogen and oxygen atoms in total. The van der Waals surface area contributed by atoms with Gasteiger partial charge in [0, 0.05) is 12.8 Å². The molecule has 0 spiro atoms. The summed E-state index contributed by atoms with van der Waals surface area (Å²) >= 11 is 0. The van der Waals surface area contributed by atoms with Gasteiger partial charge < -0.3 is 22.4 Å². The molecule has 1 aromatic rings. The number of benzene rings is 1. The van der Waals surface area contributed by atoms with Crippen LogP contribution in [0.15, 0.2) is 18.2 Å². The Kier molecular flexibility index (Phi) is 3.85. The number of hydrogen-bond acceptors (Lipinski definition) is 2. The second-order valence-corrected chi connectivity index (χ2v) is 4.55. The van der Waals surface area contributed by atoms with Crippen LogP contribution in [0.25, 0.3) is 0 Å². The van der Waals surface area contributed by atoms with Crippen molar-refractivity contribution in [3.63, 3.8) is 0 Å². The molecule has 0 radical (unpaired) electrons. The predicted molar refractivity (Wildman–Crippen MR) is 64.4 cm³/mol. The summed E-state index contributed by atoms with van der Waals surface area (Å²) in [4.78, 5) is 0. The first-order valence-corrected chi connectivity index (χ1v) is 6.02. The third kappa shape index (κ3) is 3.19. The van der Waals surface area contributed by atoms with E-state index in [4.69, 9.17) is 9.47 Å². The van der Waals surface area contributed by atoms with Gasteiger partial charge in [-0.2, -0.15) is 0 Å². The molecule has 1 aromatic carbocycles. The van der Waals surface area contributed by atoms with E-state index in [0.717, 1.165) is 6.07 Å². The molecular weight excluding hydrogens is 244 g/mol. The molecule has 100 valence electrons. The smallest absolute Gasteiger partial charge is 0.493 e. The first-order valence-electron chi connectivity index (χ1n) is 6.02. The van der Waals surface area contributed by atoms with Gasteiger partial charge in [-0.25, -0.2) is 0 Å². The Balaban J connectivity index is 2.21. The first kappa shape index (κ1) is 13.3. The van der Waals surface area contributed by atoms with Crippen molar-refractivity contribution in [3.8, 4) is 5.75 Å². The van der Waals surface area contributed by atoms with E-state index in [-0.39, 0.29) is 11.9 Å². The van der Waals surface area contributed by atoms with E-state index in [0.29, 0.717) is 31.6 Å². The van der Waals surface area contributed by atoms with Gasteiger partial charge in [0.1, 0.15) is 6.10 Å². The lowest BCUT2D eigenvalue weighted by Gasteiger charge is -2.27. The first-order chi connectivity index (χ1) is 8.47. The van der Waals surface area contributed by atoms with Gasteiger partial charge in [0.15, 0.2) is 0 Å². The fourth-order valence-corrected chi connectivity index (χ4v) is 2.00. The molecule has 0 unspecified atom stereocenters. The quantitative estimate of drug-likeness (QED) is 0.777. The third-order valence-electron chi connectivity index (χ3n) is 2.98. The lowest BCUT2D eigenvalue weighted by Crippen LogP contribution is -2.37. The van der Waals surface area contributed by atoms with Crippen molar-refractivity contribution in [1.29, 1.82) is 0 Å². The summed E-state index contributed by atoms with van der Waals surface area (Å²) in [5.74, 6) is -0.0556. The Morgan fingerprint density at radius 2 is 1.89 bits per heavy atom. The number of hydrogen-bond donors (Lipinski definition) is 0. The van der Waals surface area contributed by atoms with Crippen LogP contribution >= 0.6 is 0 Å². The van der Waals surface area contributed by atoms with Crippen molar-refractivity contribution in [3.05, 3.63) is 23.8 Å². The van der Waals surface area contributed by atoms with Gasteiger partial charge in [-0.3, -0.25) is 0 Å². The van der Waals surface area contributed by atoms with Crippen molar-refractivity contribution in [1.82, 2.24) is 0 Å². The van der Waals surface area contributed by atoms with Gasteiger partial charge in [-0.05, 0) is 13.0 Å². The maximum atomic E-state index is 12.9. The van der Waals surface area contributed by atoms with Crippen molar-refractivity contribution in [2.24, 2.45) is 0 Å². The van der Waals surface area contributed by atoms with Crippen molar-refractivity contribution in [2.75, 3.05) is 13.2 Å². The van der Waals surface area contributed by atoms with Crippen molar-refractivity contribution in [2.45, 2.75) is 25.9 Å². The average Bonchev–Trinajstić information content (AvgIpc) is 2.31.